The van der Waals surface area contributed by atoms with Crippen molar-refractivity contribution >= 4 is 21.8 Å². The lowest BCUT2D eigenvalue weighted by Crippen LogP contribution is -2.23. The van der Waals surface area contributed by atoms with Crippen molar-refractivity contribution in [2.24, 2.45) is 0 Å². The van der Waals surface area contributed by atoms with Gasteiger partial charge in [0, 0.05) is 16.6 Å². The number of ether oxygens (including phenoxy) is 1. The Kier molecular flexibility index (Phi) is 4.79. The number of halogens is 1. The summed E-state index contributed by atoms with van der Waals surface area (Å²) >= 11 is 3.42. The first-order valence-corrected chi connectivity index (χ1v) is 7.06. The van der Waals surface area contributed by atoms with Crippen molar-refractivity contribution in [2.45, 2.75) is 13.5 Å². The molecule has 0 spiro atoms. The maximum Gasteiger partial charge on any atom is 0.251 e. The Morgan fingerprint density at radius 3 is 2.75 bits per heavy atom. The van der Waals surface area contributed by atoms with Gasteiger partial charge in [0.15, 0.2) is 0 Å². The van der Waals surface area contributed by atoms with Gasteiger partial charge in [-0.05, 0) is 42.3 Å². The minimum absolute atomic E-state index is 0.0959. The second-order valence-electron chi connectivity index (χ2n) is 4.49. The van der Waals surface area contributed by atoms with Crippen LogP contribution in [0, 0.1) is 6.92 Å². The van der Waals surface area contributed by atoms with Crippen LogP contribution in [-0.4, -0.2) is 13.0 Å². The number of carbonyl (C=O) groups is 1. The predicted molar refractivity (Wildman–Crippen MR) is 83.0 cm³/mol. The van der Waals surface area contributed by atoms with Gasteiger partial charge in [-0.25, -0.2) is 0 Å². The van der Waals surface area contributed by atoms with Gasteiger partial charge < -0.3 is 10.1 Å². The molecular formula is C16H16BrNO2. The van der Waals surface area contributed by atoms with E-state index < -0.39 is 0 Å². The normalized spacial score (nSPS) is 10.2. The molecular weight excluding hydrogens is 318 g/mol. The van der Waals surface area contributed by atoms with E-state index in [4.69, 9.17) is 4.74 Å². The van der Waals surface area contributed by atoms with Crippen molar-refractivity contribution in [1.82, 2.24) is 5.32 Å². The molecule has 0 aliphatic heterocycles. The summed E-state index contributed by atoms with van der Waals surface area (Å²) in [6, 6.07) is 13.3. The molecule has 104 valence electrons. The van der Waals surface area contributed by atoms with E-state index in [1.165, 1.54) is 0 Å². The summed E-state index contributed by atoms with van der Waals surface area (Å²) in [5.74, 6) is 0.588. The van der Waals surface area contributed by atoms with Crippen LogP contribution in [0.2, 0.25) is 0 Å². The molecule has 0 heterocycles. The van der Waals surface area contributed by atoms with Crippen molar-refractivity contribution in [3.63, 3.8) is 0 Å². The van der Waals surface area contributed by atoms with Crippen molar-refractivity contribution in [2.75, 3.05) is 7.11 Å². The Labute approximate surface area is 127 Å². The van der Waals surface area contributed by atoms with Gasteiger partial charge in [0.25, 0.3) is 5.91 Å². The molecule has 20 heavy (non-hydrogen) atoms. The zero-order chi connectivity index (χ0) is 14.5. The number of hydrogen-bond acceptors (Lipinski definition) is 2. The Morgan fingerprint density at radius 2 is 2.05 bits per heavy atom. The largest absolute Gasteiger partial charge is 0.497 e. The van der Waals surface area contributed by atoms with E-state index in [-0.39, 0.29) is 5.91 Å². The quantitative estimate of drug-likeness (QED) is 0.926. The zero-order valence-corrected chi connectivity index (χ0v) is 13.0. The van der Waals surface area contributed by atoms with Crippen LogP contribution in [0.4, 0.5) is 0 Å². The van der Waals surface area contributed by atoms with Crippen LogP contribution in [0.1, 0.15) is 21.5 Å². The average Bonchev–Trinajstić information content (AvgIpc) is 2.45. The molecule has 2 rings (SSSR count). The van der Waals surface area contributed by atoms with Crippen LogP contribution in [-0.2, 0) is 6.54 Å². The molecule has 0 aliphatic carbocycles. The van der Waals surface area contributed by atoms with Gasteiger partial charge in [-0.15, -0.1) is 0 Å². The Morgan fingerprint density at radius 1 is 1.25 bits per heavy atom. The number of rotatable bonds is 4. The Bertz CT molecular complexity index is 626. The number of nitrogens with one attached hydrogen (secondary N) is 1. The van der Waals surface area contributed by atoms with Crippen LogP contribution in [0.5, 0.6) is 5.75 Å². The molecule has 1 N–H and O–H groups in total. The predicted octanol–water partition coefficient (Wildman–Crippen LogP) is 3.70. The van der Waals surface area contributed by atoms with Crippen LogP contribution >= 0.6 is 15.9 Å². The van der Waals surface area contributed by atoms with Gasteiger partial charge in [0.05, 0.1) is 7.11 Å². The minimum Gasteiger partial charge on any atom is -0.497 e. The highest BCUT2D eigenvalue weighted by atomic mass is 79.9. The summed E-state index contributed by atoms with van der Waals surface area (Å²) in [7, 11) is 1.59. The van der Waals surface area contributed by atoms with Gasteiger partial charge in [-0.1, -0.05) is 34.1 Å². The van der Waals surface area contributed by atoms with Gasteiger partial charge in [-0.2, -0.15) is 0 Å². The van der Waals surface area contributed by atoms with Gasteiger partial charge in [-0.3, -0.25) is 4.79 Å². The molecule has 0 saturated heterocycles. The summed E-state index contributed by atoms with van der Waals surface area (Å²) < 4.78 is 6.15. The third kappa shape index (κ3) is 3.61. The van der Waals surface area contributed by atoms with Crippen molar-refractivity contribution in [1.29, 1.82) is 0 Å². The van der Waals surface area contributed by atoms with Crippen LogP contribution in [0.25, 0.3) is 0 Å². The summed E-state index contributed by atoms with van der Waals surface area (Å²) in [4.78, 5) is 12.2. The monoisotopic (exact) mass is 333 g/mol. The van der Waals surface area contributed by atoms with E-state index in [0.29, 0.717) is 17.9 Å². The fourth-order valence-corrected chi connectivity index (χ4v) is 2.34. The molecule has 0 unspecified atom stereocenters. The molecule has 3 nitrogen and oxygen atoms in total. The topological polar surface area (TPSA) is 38.3 Å². The van der Waals surface area contributed by atoms with Gasteiger partial charge >= 0.3 is 0 Å². The second-order valence-corrected chi connectivity index (χ2v) is 5.41. The molecule has 0 fully saturated rings. The zero-order valence-electron chi connectivity index (χ0n) is 11.4. The molecule has 0 saturated carbocycles. The molecule has 0 aromatic heterocycles. The number of amides is 1. The van der Waals surface area contributed by atoms with Crippen molar-refractivity contribution < 1.29 is 9.53 Å². The third-order valence-corrected chi connectivity index (χ3v) is 3.52. The highest BCUT2D eigenvalue weighted by Crippen LogP contribution is 2.17. The summed E-state index contributed by atoms with van der Waals surface area (Å²) in [5.41, 5.74) is 2.62. The van der Waals surface area contributed by atoms with Gasteiger partial charge in [0.1, 0.15) is 5.75 Å². The first kappa shape index (κ1) is 14.6. The van der Waals surface area contributed by atoms with Crippen molar-refractivity contribution in [3.8, 4) is 5.75 Å². The molecule has 1 amide bonds. The van der Waals surface area contributed by atoms with E-state index in [2.05, 4.69) is 21.2 Å². The summed E-state index contributed by atoms with van der Waals surface area (Å²) in [6.07, 6.45) is 0. The molecule has 0 aliphatic rings. The molecule has 4 heteroatoms. The van der Waals surface area contributed by atoms with Crippen molar-refractivity contribution in [3.05, 3.63) is 63.6 Å². The van der Waals surface area contributed by atoms with E-state index >= 15 is 0 Å². The molecule has 0 atom stereocenters. The number of benzene rings is 2. The number of aryl methyl sites for hydroxylation is 1. The molecule has 2 aromatic carbocycles. The Balaban J connectivity index is 2.08. The SMILES string of the molecule is COc1ccc(C)c(C(=O)NCc2cccc(Br)c2)c1. The smallest absolute Gasteiger partial charge is 0.251 e. The second kappa shape index (κ2) is 6.57. The first-order valence-electron chi connectivity index (χ1n) is 6.27. The maximum absolute atomic E-state index is 12.2. The highest BCUT2D eigenvalue weighted by molar-refractivity contribution is 9.10. The molecule has 0 radical (unpaired) electrons. The van der Waals surface area contributed by atoms with Crippen LogP contribution < -0.4 is 10.1 Å². The Hall–Kier alpha value is -1.81. The fourth-order valence-electron chi connectivity index (χ4n) is 1.90. The van der Waals surface area contributed by atoms with Crippen LogP contribution in [0.15, 0.2) is 46.9 Å². The summed E-state index contributed by atoms with van der Waals surface area (Å²) in [5, 5.41) is 2.92. The average molecular weight is 334 g/mol. The summed E-state index contributed by atoms with van der Waals surface area (Å²) in [6.45, 7) is 2.41. The highest BCUT2D eigenvalue weighted by Gasteiger charge is 2.10. The van der Waals surface area contributed by atoms with E-state index in [1.807, 2.05) is 43.3 Å². The van der Waals surface area contributed by atoms with E-state index in [9.17, 15) is 4.79 Å². The van der Waals surface area contributed by atoms with E-state index in [0.717, 1.165) is 15.6 Å². The first-order chi connectivity index (χ1) is 9.60. The number of methoxy groups -OCH3 is 1. The lowest BCUT2D eigenvalue weighted by molar-refractivity contribution is 0.0950. The lowest BCUT2D eigenvalue weighted by atomic mass is 10.1. The number of hydrogen-bond donors (Lipinski definition) is 1. The lowest BCUT2D eigenvalue weighted by Gasteiger charge is -2.09. The third-order valence-electron chi connectivity index (χ3n) is 3.03. The van der Waals surface area contributed by atoms with Crippen LogP contribution in [0.3, 0.4) is 0 Å². The minimum atomic E-state index is -0.0959. The molecule has 0 bridgehead atoms. The standard InChI is InChI=1S/C16H16BrNO2/c1-11-6-7-14(20-2)9-15(11)16(19)18-10-12-4-3-5-13(17)8-12/h3-9H,10H2,1-2H3,(H,18,19). The molecule has 2 aromatic rings. The fraction of sp³-hybridized carbons (Fsp3) is 0.188. The van der Waals surface area contributed by atoms with E-state index in [1.54, 1.807) is 13.2 Å². The van der Waals surface area contributed by atoms with Gasteiger partial charge in [0.2, 0.25) is 0 Å². The maximum atomic E-state index is 12.2. The number of carbonyl (C=O) groups excluding carboxylic acids is 1.